The molecule has 1 aliphatic rings. The van der Waals surface area contributed by atoms with Crippen LogP contribution in [0.15, 0.2) is 81.7 Å². The molecule has 1 N–H and O–H groups in total. The molecule has 0 radical (unpaired) electrons. The number of hydrogen-bond acceptors (Lipinski definition) is 6. The first-order valence-corrected chi connectivity index (χ1v) is 14.1. The van der Waals surface area contributed by atoms with E-state index >= 15 is 0 Å². The topological polar surface area (TPSA) is 68.1 Å². The summed E-state index contributed by atoms with van der Waals surface area (Å²) in [4.78, 5) is 19.5. The maximum absolute atomic E-state index is 11.4. The first kappa shape index (κ1) is 25.9. The van der Waals surface area contributed by atoms with E-state index in [1.165, 1.54) is 11.3 Å². The maximum atomic E-state index is 11.4. The lowest BCUT2D eigenvalue weighted by Crippen LogP contribution is -2.33. The van der Waals surface area contributed by atoms with E-state index in [4.69, 9.17) is 32.8 Å². The number of rotatable bonds is 8. The Balaban J connectivity index is 1.31. The van der Waals surface area contributed by atoms with Gasteiger partial charge in [-0.3, -0.25) is 0 Å². The second kappa shape index (κ2) is 11.0. The van der Waals surface area contributed by atoms with E-state index in [9.17, 15) is 9.90 Å². The fraction of sp³-hybridized carbons (Fsp3) is 0.214. The van der Waals surface area contributed by atoms with Crippen LogP contribution in [0.1, 0.15) is 29.1 Å². The Morgan fingerprint density at radius 1 is 1.11 bits per heavy atom. The number of ether oxygens (including phenoxy) is 1. The van der Waals surface area contributed by atoms with Crippen LogP contribution in [0.25, 0.3) is 10.1 Å². The summed E-state index contributed by atoms with van der Waals surface area (Å²) in [6.07, 6.45) is -0.154. The minimum absolute atomic E-state index is 0.133. The summed E-state index contributed by atoms with van der Waals surface area (Å²) in [5.41, 5.74) is 1.38. The van der Waals surface area contributed by atoms with Gasteiger partial charge in [-0.25, -0.2) is 4.79 Å². The molecule has 9 heteroatoms. The van der Waals surface area contributed by atoms with Crippen molar-refractivity contribution in [1.82, 2.24) is 0 Å². The number of carboxylic acids is 1. The molecule has 0 saturated carbocycles. The molecule has 5 rings (SSSR count). The Bertz CT molecular complexity index is 1460. The lowest BCUT2D eigenvalue weighted by molar-refractivity contribution is 0.0178. The molecule has 0 spiro atoms. The molecule has 0 fully saturated rings. The molecule has 4 aromatic rings. The Morgan fingerprint density at radius 3 is 2.49 bits per heavy atom. The highest BCUT2D eigenvalue weighted by Crippen LogP contribution is 2.38. The smallest absolute Gasteiger partial charge is 0.345 e. The average Bonchev–Trinajstić information content (AvgIpc) is 3.49. The summed E-state index contributed by atoms with van der Waals surface area (Å²) in [6.45, 7) is 4.54. The van der Waals surface area contributed by atoms with Gasteiger partial charge in [0.1, 0.15) is 29.0 Å². The molecule has 37 heavy (non-hydrogen) atoms. The standard InChI is InChI=1S/C28H23Cl2NO4S2/c1-15(2)27-19(26(31-35-27)25-20(29)5-3-6-21(25)30)14-34-16-9-11-17(12-10-16)36-22-7-4-8-23-18(22)13-24(37-23)28(32)33/h3-13,15,19,27H,14H2,1-2H3,(H,32,33). The Kier molecular flexibility index (Phi) is 7.67. The quantitative estimate of drug-likeness (QED) is 0.229. The first-order valence-electron chi connectivity index (χ1n) is 11.7. The summed E-state index contributed by atoms with van der Waals surface area (Å²) in [6, 6.07) is 20.9. The summed E-state index contributed by atoms with van der Waals surface area (Å²) >= 11 is 15.8. The van der Waals surface area contributed by atoms with Crippen molar-refractivity contribution in [2.45, 2.75) is 29.7 Å². The average molecular weight is 573 g/mol. The van der Waals surface area contributed by atoms with Crippen molar-refractivity contribution in [2.24, 2.45) is 17.0 Å². The molecule has 5 nitrogen and oxygen atoms in total. The van der Waals surface area contributed by atoms with E-state index < -0.39 is 5.97 Å². The monoisotopic (exact) mass is 571 g/mol. The van der Waals surface area contributed by atoms with Crippen LogP contribution >= 0.6 is 46.3 Å². The Morgan fingerprint density at radius 2 is 1.81 bits per heavy atom. The highest BCUT2D eigenvalue weighted by atomic mass is 35.5. The molecule has 0 aliphatic carbocycles. The third kappa shape index (κ3) is 5.46. The summed E-state index contributed by atoms with van der Waals surface area (Å²) in [5.74, 6) is -0.0938. The number of carbonyl (C=O) groups is 1. The minimum atomic E-state index is -0.906. The predicted octanol–water partition coefficient (Wildman–Crippen LogP) is 8.51. The Hall–Kier alpha value is -2.71. The van der Waals surface area contributed by atoms with E-state index in [1.54, 1.807) is 36.0 Å². The van der Waals surface area contributed by atoms with Crippen molar-refractivity contribution < 1.29 is 19.5 Å². The fourth-order valence-electron chi connectivity index (χ4n) is 4.29. The van der Waals surface area contributed by atoms with Crippen molar-refractivity contribution in [2.75, 3.05) is 6.61 Å². The van der Waals surface area contributed by atoms with E-state index in [1.807, 2.05) is 42.5 Å². The lowest BCUT2D eigenvalue weighted by Gasteiger charge is -2.22. The van der Waals surface area contributed by atoms with Crippen LogP contribution in [0.5, 0.6) is 5.75 Å². The van der Waals surface area contributed by atoms with E-state index in [0.717, 1.165) is 25.6 Å². The molecule has 1 aliphatic heterocycles. The van der Waals surface area contributed by atoms with E-state index in [-0.39, 0.29) is 17.9 Å². The number of aromatic carboxylic acids is 1. The number of carboxylic acid groups (broad SMARTS) is 1. The van der Waals surface area contributed by atoms with Crippen LogP contribution in [0.3, 0.4) is 0 Å². The normalized spacial score (nSPS) is 17.2. The number of nitrogens with zero attached hydrogens (tertiary/aromatic N) is 1. The molecule has 2 unspecified atom stereocenters. The van der Waals surface area contributed by atoms with Crippen LogP contribution in [-0.4, -0.2) is 29.5 Å². The number of benzene rings is 3. The van der Waals surface area contributed by atoms with Crippen LogP contribution in [0, 0.1) is 11.8 Å². The van der Waals surface area contributed by atoms with E-state index in [0.29, 0.717) is 32.8 Å². The molecule has 1 aromatic heterocycles. The van der Waals surface area contributed by atoms with Gasteiger partial charge in [-0.05, 0) is 60.5 Å². The zero-order chi connectivity index (χ0) is 26.1. The molecular weight excluding hydrogens is 549 g/mol. The molecular formula is C28H23Cl2NO4S2. The summed E-state index contributed by atoms with van der Waals surface area (Å²) < 4.78 is 7.14. The van der Waals surface area contributed by atoms with Crippen molar-refractivity contribution >= 4 is 68.1 Å². The van der Waals surface area contributed by atoms with Gasteiger partial charge in [-0.15, -0.1) is 11.3 Å². The van der Waals surface area contributed by atoms with Crippen LogP contribution in [0.4, 0.5) is 0 Å². The molecule has 190 valence electrons. The van der Waals surface area contributed by atoms with Crippen LogP contribution in [0.2, 0.25) is 10.0 Å². The second-order valence-corrected chi connectivity index (χ2v) is 12.0. The van der Waals surface area contributed by atoms with Gasteiger partial charge < -0.3 is 14.7 Å². The van der Waals surface area contributed by atoms with Crippen molar-refractivity contribution in [3.05, 3.63) is 87.2 Å². The number of fused-ring (bicyclic) bond motifs is 1. The van der Waals surface area contributed by atoms with Gasteiger partial charge in [0, 0.05) is 25.4 Å². The highest BCUT2D eigenvalue weighted by Gasteiger charge is 2.39. The highest BCUT2D eigenvalue weighted by molar-refractivity contribution is 7.99. The fourth-order valence-corrected chi connectivity index (χ4v) is 6.83. The van der Waals surface area contributed by atoms with Crippen molar-refractivity contribution in [3.63, 3.8) is 0 Å². The second-order valence-electron chi connectivity index (χ2n) is 8.96. The maximum Gasteiger partial charge on any atom is 0.345 e. The number of oxime groups is 1. The van der Waals surface area contributed by atoms with Crippen molar-refractivity contribution in [1.29, 1.82) is 0 Å². The lowest BCUT2D eigenvalue weighted by atomic mass is 9.87. The molecule has 2 atom stereocenters. The summed E-state index contributed by atoms with van der Waals surface area (Å²) in [7, 11) is 0. The van der Waals surface area contributed by atoms with Crippen LogP contribution in [-0.2, 0) is 4.84 Å². The SMILES string of the molecule is CC(C)C1ON=C(c2c(Cl)cccc2Cl)C1COc1ccc(Sc2cccc3sc(C(=O)O)cc23)cc1. The number of thiophene rings is 1. The van der Waals surface area contributed by atoms with Gasteiger partial charge in [0.05, 0.1) is 16.0 Å². The van der Waals surface area contributed by atoms with Gasteiger partial charge in [-0.2, -0.15) is 0 Å². The number of hydrogen-bond donors (Lipinski definition) is 1. The number of halogens is 2. The molecule has 0 amide bonds. The van der Waals surface area contributed by atoms with Gasteiger partial charge >= 0.3 is 5.97 Å². The molecule has 0 saturated heterocycles. The molecule has 2 heterocycles. The third-order valence-electron chi connectivity index (χ3n) is 6.11. The zero-order valence-electron chi connectivity index (χ0n) is 20.0. The van der Waals surface area contributed by atoms with Gasteiger partial charge in [-0.1, -0.05) is 66.1 Å². The van der Waals surface area contributed by atoms with Gasteiger partial charge in [0.25, 0.3) is 0 Å². The first-order chi connectivity index (χ1) is 17.8. The molecule has 3 aromatic carbocycles. The zero-order valence-corrected chi connectivity index (χ0v) is 23.1. The third-order valence-corrected chi connectivity index (χ3v) is 8.91. The van der Waals surface area contributed by atoms with Crippen LogP contribution < -0.4 is 4.74 Å². The molecule has 0 bridgehead atoms. The van der Waals surface area contributed by atoms with Gasteiger partial charge in [0.2, 0.25) is 0 Å². The van der Waals surface area contributed by atoms with E-state index in [2.05, 4.69) is 19.0 Å². The largest absolute Gasteiger partial charge is 0.493 e. The summed E-state index contributed by atoms with van der Waals surface area (Å²) in [5, 5.41) is 15.7. The minimum Gasteiger partial charge on any atom is -0.493 e. The van der Waals surface area contributed by atoms with Crippen molar-refractivity contribution in [3.8, 4) is 5.75 Å². The van der Waals surface area contributed by atoms with Gasteiger partial charge in [0.15, 0.2) is 0 Å². The Labute approximate surface area is 233 Å². The predicted molar refractivity (Wildman–Crippen MR) is 151 cm³/mol.